The number of halogens is 2. The van der Waals surface area contributed by atoms with E-state index in [9.17, 15) is 13.6 Å². The zero-order chi connectivity index (χ0) is 7.78. The predicted octanol–water partition coefficient (Wildman–Crippen LogP) is 0.573. The molecule has 1 unspecified atom stereocenters. The van der Waals surface area contributed by atoms with Gasteiger partial charge in [0, 0.05) is 6.42 Å². The van der Waals surface area contributed by atoms with Crippen molar-refractivity contribution in [3.8, 4) is 0 Å². The van der Waals surface area contributed by atoms with Crippen LogP contribution in [0.25, 0.3) is 0 Å². The molecule has 0 aromatic heterocycles. The third kappa shape index (κ3) is 1.50. The van der Waals surface area contributed by atoms with E-state index in [4.69, 9.17) is 0 Å². The monoisotopic (exact) mass is 149 g/mol. The van der Waals surface area contributed by atoms with E-state index in [2.05, 4.69) is 5.32 Å². The van der Waals surface area contributed by atoms with Gasteiger partial charge in [0.25, 0.3) is 5.92 Å². The Morgan fingerprint density at radius 2 is 2.30 bits per heavy atom. The van der Waals surface area contributed by atoms with Gasteiger partial charge < -0.3 is 5.32 Å². The van der Waals surface area contributed by atoms with Crippen molar-refractivity contribution in [2.75, 3.05) is 6.54 Å². The van der Waals surface area contributed by atoms with Gasteiger partial charge in [0.05, 0.1) is 12.6 Å². The van der Waals surface area contributed by atoms with Crippen LogP contribution in [0, 0.1) is 0 Å². The Hall–Kier alpha value is -0.510. The highest BCUT2D eigenvalue weighted by Gasteiger charge is 2.40. The molecule has 58 valence electrons. The van der Waals surface area contributed by atoms with E-state index in [-0.39, 0.29) is 18.7 Å². The van der Waals surface area contributed by atoms with Gasteiger partial charge in [-0.1, -0.05) is 0 Å². The largest absolute Gasteiger partial charge is 0.302 e. The van der Waals surface area contributed by atoms with E-state index in [1.807, 2.05) is 0 Å². The summed E-state index contributed by atoms with van der Waals surface area (Å²) in [6.45, 7) is 0.955. The highest BCUT2D eigenvalue weighted by molar-refractivity contribution is 5.81. The normalized spacial score (nSPS) is 30.5. The molecule has 2 nitrogen and oxygen atoms in total. The van der Waals surface area contributed by atoms with Gasteiger partial charge >= 0.3 is 0 Å². The lowest BCUT2D eigenvalue weighted by atomic mass is 10.1. The molecule has 0 aliphatic carbocycles. The Labute approximate surface area is 57.6 Å². The first-order valence-electron chi connectivity index (χ1n) is 3.13. The van der Waals surface area contributed by atoms with Crippen LogP contribution in [0.2, 0.25) is 0 Å². The van der Waals surface area contributed by atoms with Crippen LogP contribution in [0.3, 0.4) is 0 Å². The van der Waals surface area contributed by atoms with Crippen LogP contribution in [0.15, 0.2) is 0 Å². The van der Waals surface area contributed by atoms with Gasteiger partial charge in [0.1, 0.15) is 5.78 Å². The molecule has 0 spiro atoms. The van der Waals surface area contributed by atoms with Gasteiger partial charge in [0.2, 0.25) is 0 Å². The van der Waals surface area contributed by atoms with Gasteiger partial charge in [-0.15, -0.1) is 0 Å². The Morgan fingerprint density at radius 1 is 1.70 bits per heavy atom. The standard InChI is InChI=1S/C6H9F2NO/c1-4(10)5-2-6(7,8)3-9-5/h5,9H,2-3H2,1H3. The number of ketones is 1. The molecule has 0 radical (unpaired) electrons. The second-order valence-corrected chi connectivity index (χ2v) is 2.60. The molecule has 1 aliphatic rings. The van der Waals surface area contributed by atoms with Crippen molar-refractivity contribution in [2.45, 2.75) is 25.3 Å². The van der Waals surface area contributed by atoms with Crippen molar-refractivity contribution in [1.29, 1.82) is 0 Å². The lowest BCUT2D eigenvalue weighted by molar-refractivity contribution is -0.119. The second kappa shape index (κ2) is 2.27. The fraction of sp³-hybridized carbons (Fsp3) is 0.833. The number of rotatable bonds is 1. The SMILES string of the molecule is CC(=O)C1CC(F)(F)CN1. The summed E-state index contributed by atoms with van der Waals surface area (Å²) >= 11 is 0. The summed E-state index contributed by atoms with van der Waals surface area (Å²) in [5.41, 5.74) is 0. The molecule has 10 heavy (non-hydrogen) atoms. The number of nitrogens with one attached hydrogen (secondary N) is 1. The maximum Gasteiger partial charge on any atom is 0.262 e. The van der Waals surface area contributed by atoms with Crippen molar-refractivity contribution >= 4 is 5.78 Å². The highest BCUT2D eigenvalue weighted by Crippen LogP contribution is 2.25. The summed E-state index contributed by atoms with van der Waals surface area (Å²) in [4.78, 5) is 10.5. The Balaban J connectivity index is 2.51. The Kier molecular flexibility index (Phi) is 1.72. The molecule has 1 atom stereocenters. The van der Waals surface area contributed by atoms with Crippen molar-refractivity contribution in [1.82, 2.24) is 5.32 Å². The van der Waals surface area contributed by atoms with Crippen molar-refractivity contribution in [3.63, 3.8) is 0 Å². The van der Waals surface area contributed by atoms with E-state index < -0.39 is 12.0 Å². The lowest BCUT2D eigenvalue weighted by Crippen LogP contribution is -2.28. The number of carbonyl (C=O) groups excluding carboxylic acids is 1. The molecule has 1 fully saturated rings. The van der Waals surface area contributed by atoms with E-state index >= 15 is 0 Å². The van der Waals surface area contributed by atoms with E-state index in [1.165, 1.54) is 6.92 Å². The highest BCUT2D eigenvalue weighted by atomic mass is 19.3. The smallest absolute Gasteiger partial charge is 0.262 e. The van der Waals surface area contributed by atoms with Crippen LogP contribution in [0.5, 0.6) is 0 Å². The third-order valence-electron chi connectivity index (χ3n) is 1.60. The topological polar surface area (TPSA) is 29.1 Å². The summed E-state index contributed by atoms with van der Waals surface area (Å²) in [7, 11) is 0. The predicted molar refractivity (Wildman–Crippen MR) is 32.0 cm³/mol. The van der Waals surface area contributed by atoms with Crippen LogP contribution in [0.1, 0.15) is 13.3 Å². The molecular formula is C6H9F2NO. The molecule has 0 aromatic rings. The average Bonchev–Trinajstić information content (AvgIpc) is 2.10. The number of hydrogen-bond donors (Lipinski definition) is 1. The van der Waals surface area contributed by atoms with Crippen molar-refractivity contribution < 1.29 is 13.6 Å². The molecule has 0 saturated carbocycles. The minimum Gasteiger partial charge on any atom is -0.302 e. The first kappa shape index (κ1) is 7.60. The van der Waals surface area contributed by atoms with Crippen LogP contribution in [-0.4, -0.2) is 24.3 Å². The molecule has 0 bridgehead atoms. The van der Waals surface area contributed by atoms with Crippen LogP contribution >= 0.6 is 0 Å². The first-order chi connectivity index (χ1) is 4.51. The number of carbonyl (C=O) groups is 1. The maximum absolute atomic E-state index is 12.3. The van der Waals surface area contributed by atoms with Crippen molar-refractivity contribution in [3.05, 3.63) is 0 Å². The van der Waals surface area contributed by atoms with Gasteiger partial charge in [-0.3, -0.25) is 4.79 Å². The molecule has 4 heteroatoms. The number of hydrogen-bond acceptors (Lipinski definition) is 2. The fourth-order valence-electron chi connectivity index (χ4n) is 1.00. The van der Waals surface area contributed by atoms with Gasteiger partial charge in [-0.2, -0.15) is 0 Å². The van der Waals surface area contributed by atoms with E-state index in [0.29, 0.717) is 0 Å². The molecule has 1 saturated heterocycles. The molecular weight excluding hydrogens is 140 g/mol. The molecule has 1 aliphatic heterocycles. The molecule has 1 N–H and O–H groups in total. The van der Waals surface area contributed by atoms with Crippen molar-refractivity contribution in [2.24, 2.45) is 0 Å². The Bertz CT molecular complexity index is 158. The van der Waals surface area contributed by atoms with Gasteiger partial charge in [0.15, 0.2) is 0 Å². The molecule has 1 heterocycles. The van der Waals surface area contributed by atoms with Gasteiger partial charge in [-0.05, 0) is 6.92 Å². The van der Waals surface area contributed by atoms with Gasteiger partial charge in [-0.25, -0.2) is 8.78 Å². The number of Topliss-reactive ketones (excluding diaryl/α,β-unsaturated/α-hetero) is 1. The van der Waals surface area contributed by atoms with Crippen LogP contribution in [0.4, 0.5) is 8.78 Å². The number of alkyl halides is 2. The minimum atomic E-state index is -2.68. The molecule has 1 rings (SSSR count). The van der Waals surface area contributed by atoms with E-state index in [1.54, 1.807) is 0 Å². The zero-order valence-corrected chi connectivity index (χ0v) is 5.66. The van der Waals surface area contributed by atoms with Crippen LogP contribution < -0.4 is 5.32 Å². The lowest BCUT2D eigenvalue weighted by Gasteiger charge is -2.04. The summed E-state index contributed by atoms with van der Waals surface area (Å²) in [5.74, 6) is -2.90. The first-order valence-corrected chi connectivity index (χ1v) is 3.13. The molecule has 0 amide bonds. The summed E-state index contributed by atoms with van der Waals surface area (Å²) in [6.07, 6.45) is -0.345. The van der Waals surface area contributed by atoms with Crippen LogP contribution in [-0.2, 0) is 4.79 Å². The second-order valence-electron chi connectivity index (χ2n) is 2.60. The zero-order valence-electron chi connectivity index (χ0n) is 5.66. The summed E-state index contributed by atoms with van der Waals surface area (Å²) in [6, 6.07) is -0.630. The average molecular weight is 149 g/mol. The summed E-state index contributed by atoms with van der Waals surface area (Å²) < 4.78 is 24.7. The fourth-order valence-corrected chi connectivity index (χ4v) is 1.00. The summed E-state index contributed by atoms with van der Waals surface area (Å²) in [5, 5.41) is 2.45. The third-order valence-corrected chi connectivity index (χ3v) is 1.60. The maximum atomic E-state index is 12.3. The quantitative estimate of drug-likeness (QED) is 0.590. The van der Waals surface area contributed by atoms with E-state index in [0.717, 1.165) is 0 Å². The minimum absolute atomic E-state index is 0.211. The Morgan fingerprint density at radius 3 is 2.50 bits per heavy atom. The molecule has 0 aromatic carbocycles.